The van der Waals surface area contributed by atoms with Gasteiger partial charge in [-0.15, -0.1) is 6.58 Å². The van der Waals surface area contributed by atoms with Crippen LogP contribution in [0.4, 0.5) is 0 Å². The summed E-state index contributed by atoms with van der Waals surface area (Å²) >= 11 is 0. The summed E-state index contributed by atoms with van der Waals surface area (Å²) in [6.45, 7) is 4.99. The molecule has 152 valence electrons. The lowest BCUT2D eigenvalue weighted by molar-refractivity contribution is 0.0532. The highest BCUT2D eigenvalue weighted by atomic mass is 32.2. The van der Waals surface area contributed by atoms with Gasteiger partial charge in [-0.3, -0.25) is 14.6 Å². The first kappa shape index (κ1) is 20.6. The molecule has 1 N–H and O–H groups in total. The molecule has 0 unspecified atom stereocenters. The van der Waals surface area contributed by atoms with E-state index in [1.165, 1.54) is 42.9 Å². The maximum atomic E-state index is 12.8. The Morgan fingerprint density at radius 2 is 1.79 bits per heavy atom. The lowest BCUT2D eigenvalue weighted by atomic mass is 10.2. The first-order valence-corrected chi connectivity index (χ1v) is 10.5. The predicted molar refractivity (Wildman–Crippen MR) is 106 cm³/mol. The third-order valence-corrected chi connectivity index (χ3v) is 5.87. The van der Waals surface area contributed by atoms with Crippen molar-refractivity contribution in [2.75, 3.05) is 32.7 Å². The Balaban J connectivity index is 1.66. The molecular formula is C19H21N5O4S. The van der Waals surface area contributed by atoms with Crippen LogP contribution in [0.15, 0.2) is 60.4 Å². The molecular weight excluding hydrogens is 394 g/mol. The normalized spacial score (nSPS) is 14.5. The van der Waals surface area contributed by atoms with Crippen LogP contribution < -0.4 is 4.72 Å². The minimum atomic E-state index is -3.72. The van der Waals surface area contributed by atoms with E-state index in [4.69, 9.17) is 0 Å². The topological polar surface area (TPSA) is 113 Å². The van der Waals surface area contributed by atoms with E-state index in [0.29, 0.717) is 26.2 Å². The number of carbonyl (C=O) groups is 2. The zero-order valence-corrected chi connectivity index (χ0v) is 16.5. The Kier molecular flexibility index (Phi) is 6.35. The highest BCUT2D eigenvalue weighted by Crippen LogP contribution is 2.15. The number of amides is 2. The van der Waals surface area contributed by atoms with Crippen LogP contribution in [0.1, 0.15) is 20.8 Å². The standard InChI is InChI=1S/C19H21N5O4S/c1-2-6-22-29(27,28)16-5-3-4-15(13-16)18(25)23-9-11-24(12-10-23)19(26)17-14-20-7-8-21-17/h2-5,7-8,13-14,22H,1,6,9-12H2. The fourth-order valence-corrected chi connectivity index (χ4v) is 3.96. The molecule has 10 heteroatoms. The molecule has 0 bridgehead atoms. The van der Waals surface area contributed by atoms with Crippen LogP contribution in [0.3, 0.4) is 0 Å². The summed E-state index contributed by atoms with van der Waals surface area (Å²) in [5, 5.41) is 0. The number of piperazine rings is 1. The van der Waals surface area contributed by atoms with E-state index < -0.39 is 10.0 Å². The lowest BCUT2D eigenvalue weighted by Crippen LogP contribution is -2.50. The lowest BCUT2D eigenvalue weighted by Gasteiger charge is -2.34. The molecule has 3 rings (SSSR count). The minimum absolute atomic E-state index is 0.0154. The van der Waals surface area contributed by atoms with Gasteiger partial charge in [-0.05, 0) is 18.2 Å². The van der Waals surface area contributed by atoms with Crippen molar-refractivity contribution >= 4 is 21.8 Å². The average molecular weight is 415 g/mol. The summed E-state index contributed by atoms with van der Waals surface area (Å²) in [4.78, 5) is 36.4. The number of hydrogen-bond donors (Lipinski definition) is 1. The molecule has 2 aromatic rings. The Bertz CT molecular complexity index is 1000. The molecule has 0 saturated carbocycles. The predicted octanol–water partition coefficient (Wildman–Crippen LogP) is 0.539. The van der Waals surface area contributed by atoms with E-state index in [9.17, 15) is 18.0 Å². The molecule has 1 fully saturated rings. The largest absolute Gasteiger partial charge is 0.335 e. The summed E-state index contributed by atoms with van der Waals surface area (Å²) in [5.41, 5.74) is 0.539. The maximum Gasteiger partial charge on any atom is 0.274 e. The van der Waals surface area contributed by atoms with Gasteiger partial charge >= 0.3 is 0 Å². The fourth-order valence-electron chi connectivity index (χ4n) is 2.91. The molecule has 1 saturated heterocycles. The highest BCUT2D eigenvalue weighted by molar-refractivity contribution is 7.89. The third-order valence-electron chi connectivity index (χ3n) is 4.45. The number of nitrogens with zero attached hydrogens (tertiary/aromatic N) is 4. The van der Waals surface area contributed by atoms with E-state index in [0.717, 1.165) is 0 Å². The smallest absolute Gasteiger partial charge is 0.274 e. The van der Waals surface area contributed by atoms with E-state index in [1.807, 2.05) is 0 Å². The number of aromatic nitrogens is 2. The van der Waals surface area contributed by atoms with Crippen molar-refractivity contribution in [1.29, 1.82) is 0 Å². The number of benzene rings is 1. The van der Waals surface area contributed by atoms with E-state index in [2.05, 4.69) is 21.3 Å². The summed E-state index contributed by atoms with van der Waals surface area (Å²) in [6, 6.07) is 5.89. The second-order valence-electron chi connectivity index (χ2n) is 6.34. The molecule has 1 aromatic carbocycles. The van der Waals surface area contributed by atoms with Crippen LogP contribution in [-0.4, -0.2) is 72.7 Å². The second kappa shape index (κ2) is 8.93. The second-order valence-corrected chi connectivity index (χ2v) is 8.11. The van der Waals surface area contributed by atoms with Gasteiger partial charge in [0.2, 0.25) is 10.0 Å². The van der Waals surface area contributed by atoms with Crippen LogP contribution in [0.5, 0.6) is 0 Å². The Morgan fingerprint density at radius 1 is 1.10 bits per heavy atom. The Morgan fingerprint density at radius 3 is 2.41 bits per heavy atom. The van der Waals surface area contributed by atoms with Gasteiger partial charge < -0.3 is 9.80 Å². The summed E-state index contributed by atoms with van der Waals surface area (Å²) < 4.78 is 26.9. The quantitative estimate of drug-likeness (QED) is 0.689. The first-order valence-electron chi connectivity index (χ1n) is 8.97. The molecule has 1 aliphatic rings. The number of hydrogen-bond acceptors (Lipinski definition) is 6. The van der Waals surface area contributed by atoms with Gasteiger partial charge in [0.05, 0.1) is 11.1 Å². The van der Waals surface area contributed by atoms with Crippen LogP contribution in [-0.2, 0) is 10.0 Å². The molecule has 2 heterocycles. The van der Waals surface area contributed by atoms with Crippen LogP contribution >= 0.6 is 0 Å². The van der Waals surface area contributed by atoms with Crippen molar-refractivity contribution in [2.45, 2.75) is 4.90 Å². The van der Waals surface area contributed by atoms with Crippen molar-refractivity contribution in [1.82, 2.24) is 24.5 Å². The number of carbonyl (C=O) groups excluding carboxylic acids is 2. The number of nitrogens with one attached hydrogen (secondary N) is 1. The fraction of sp³-hybridized carbons (Fsp3) is 0.263. The average Bonchev–Trinajstić information content (AvgIpc) is 2.77. The number of rotatable bonds is 6. The van der Waals surface area contributed by atoms with Gasteiger partial charge in [-0.1, -0.05) is 12.1 Å². The molecule has 0 spiro atoms. The van der Waals surface area contributed by atoms with Gasteiger partial charge in [0, 0.05) is 50.7 Å². The SMILES string of the molecule is C=CCNS(=O)(=O)c1cccc(C(=O)N2CCN(C(=O)c3cnccn3)CC2)c1. The molecule has 1 aromatic heterocycles. The molecule has 29 heavy (non-hydrogen) atoms. The van der Waals surface area contributed by atoms with Gasteiger partial charge in [-0.25, -0.2) is 18.1 Å². The first-order chi connectivity index (χ1) is 13.9. The number of sulfonamides is 1. The van der Waals surface area contributed by atoms with Crippen molar-refractivity contribution < 1.29 is 18.0 Å². The highest BCUT2D eigenvalue weighted by Gasteiger charge is 2.26. The van der Waals surface area contributed by atoms with E-state index in [1.54, 1.807) is 15.9 Å². The minimum Gasteiger partial charge on any atom is -0.335 e. The van der Waals surface area contributed by atoms with Gasteiger partial charge in [0.15, 0.2) is 0 Å². The van der Waals surface area contributed by atoms with Crippen LogP contribution in [0.2, 0.25) is 0 Å². The van der Waals surface area contributed by atoms with Crippen molar-refractivity contribution in [3.8, 4) is 0 Å². The monoisotopic (exact) mass is 415 g/mol. The molecule has 2 amide bonds. The molecule has 0 atom stereocenters. The van der Waals surface area contributed by atoms with Crippen LogP contribution in [0.25, 0.3) is 0 Å². The van der Waals surface area contributed by atoms with Crippen molar-refractivity contribution in [2.24, 2.45) is 0 Å². The molecule has 1 aliphatic heterocycles. The zero-order valence-electron chi connectivity index (χ0n) is 15.7. The summed E-state index contributed by atoms with van der Waals surface area (Å²) in [6.07, 6.45) is 5.80. The van der Waals surface area contributed by atoms with Gasteiger partial charge in [0.1, 0.15) is 5.69 Å². The van der Waals surface area contributed by atoms with Crippen molar-refractivity contribution in [3.63, 3.8) is 0 Å². The molecule has 0 radical (unpaired) electrons. The third kappa shape index (κ3) is 4.84. The Labute approximate surface area is 169 Å². The van der Waals surface area contributed by atoms with E-state index >= 15 is 0 Å². The Hall–Kier alpha value is -3.11. The zero-order chi connectivity index (χ0) is 20.9. The van der Waals surface area contributed by atoms with Crippen molar-refractivity contribution in [3.05, 3.63) is 66.8 Å². The van der Waals surface area contributed by atoms with Gasteiger partial charge in [-0.2, -0.15) is 0 Å². The van der Waals surface area contributed by atoms with Crippen LogP contribution in [0, 0.1) is 0 Å². The molecule has 0 aliphatic carbocycles. The summed E-state index contributed by atoms with van der Waals surface area (Å²) in [5.74, 6) is -0.510. The maximum absolute atomic E-state index is 12.8. The van der Waals surface area contributed by atoms with Gasteiger partial charge in [0.25, 0.3) is 11.8 Å². The van der Waals surface area contributed by atoms with E-state index in [-0.39, 0.29) is 34.5 Å². The molecule has 9 nitrogen and oxygen atoms in total. The summed E-state index contributed by atoms with van der Waals surface area (Å²) in [7, 11) is -3.72.